The first-order valence-electron chi connectivity index (χ1n) is 7.68. The van der Waals surface area contributed by atoms with Crippen molar-refractivity contribution in [2.75, 3.05) is 0 Å². The second kappa shape index (κ2) is 6.32. The first kappa shape index (κ1) is 15.3. The minimum atomic E-state index is -2.51. The molecule has 124 valence electrons. The summed E-state index contributed by atoms with van der Waals surface area (Å²) in [7, 11) is 0. The normalized spacial score (nSPS) is 11.2. The Kier molecular flexibility index (Phi) is 3.85. The molecule has 2 heterocycles. The van der Waals surface area contributed by atoms with Crippen molar-refractivity contribution in [2.24, 2.45) is 0 Å². The van der Waals surface area contributed by atoms with Crippen LogP contribution in [0.1, 0.15) is 12.0 Å². The van der Waals surface area contributed by atoms with Gasteiger partial charge in [0.25, 0.3) is 6.43 Å². The summed E-state index contributed by atoms with van der Waals surface area (Å²) < 4.78 is 27.0. The predicted octanol–water partition coefficient (Wildman–Crippen LogP) is 4.88. The van der Waals surface area contributed by atoms with Crippen LogP contribution in [0, 0.1) is 0 Å². The van der Waals surface area contributed by atoms with Crippen LogP contribution in [-0.2, 0) is 0 Å². The van der Waals surface area contributed by atoms with Crippen molar-refractivity contribution in [3.63, 3.8) is 0 Å². The molecule has 0 aliphatic heterocycles. The maximum atomic E-state index is 12.7. The van der Waals surface area contributed by atoms with E-state index in [4.69, 9.17) is 4.84 Å². The molecule has 6 heteroatoms. The molecule has 0 aliphatic rings. The Morgan fingerprint density at radius 3 is 2.36 bits per heavy atom. The number of para-hydroxylation sites is 2. The van der Waals surface area contributed by atoms with Crippen molar-refractivity contribution in [3.05, 3.63) is 78.5 Å². The summed E-state index contributed by atoms with van der Waals surface area (Å²) >= 11 is 0. The van der Waals surface area contributed by atoms with Crippen molar-refractivity contribution >= 4 is 11.0 Å². The summed E-state index contributed by atoms with van der Waals surface area (Å²) in [6.45, 7) is 0. The zero-order chi connectivity index (χ0) is 17.2. The first-order chi connectivity index (χ1) is 12.2. The monoisotopic (exact) mass is 337 g/mol. The van der Waals surface area contributed by atoms with Crippen LogP contribution in [0.3, 0.4) is 0 Å². The fraction of sp³-hybridized carbons (Fsp3) is 0.0526. The van der Waals surface area contributed by atoms with E-state index in [2.05, 4.69) is 9.97 Å². The Labute approximate surface area is 142 Å². The van der Waals surface area contributed by atoms with Gasteiger partial charge in [-0.15, -0.1) is 0 Å². The third kappa shape index (κ3) is 2.94. The zero-order valence-electron chi connectivity index (χ0n) is 13.0. The van der Waals surface area contributed by atoms with E-state index >= 15 is 0 Å². The number of nitrogens with zero attached hydrogens (tertiary/aromatic N) is 3. The maximum absolute atomic E-state index is 12.7. The molecule has 4 aromatic rings. The molecular weight excluding hydrogens is 324 g/mol. The topological polar surface area (TPSA) is 39.9 Å². The third-order valence-electron chi connectivity index (χ3n) is 3.74. The highest BCUT2D eigenvalue weighted by Crippen LogP contribution is 2.26. The number of hydrogen-bond acceptors (Lipinski definition) is 3. The Balaban J connectivity index is 1.80. The number of halogens is 2. The number of pyridine rings is 1. The molecule has 0 N–H and O–H groups in total. The number of benzene rings is 2. The highest BCUT2D eigenvalue weighted by molar-refractivity contribution is 5.79. The minimum Gasteiger partial charge on any atom is -0.373 e. The number of rotatable bonds is 4. The van der Waals surface area contributed by atoms with E-state index in [0.717, 1.165) is 11.0 Å². The van der Waals surface area contributed by atoms with Gasteiger partial charge in [-0.25, -0.2) is 13.8 Å². The number of hydrogen-bond donors (Lipinski definition) is 0. The summed E-state index contributed by atoms with van der Waals surface area (Å²) in [6, 6.07) is 18.8. The van der Waals surface area contributed by atoms with E-state index in [1.54, 1.807) is 10.9 Å². The summed E-state index contributed by atoms with van der Waals surface area (Å²) in [5.41, 5.74) is 2.13. The van der Waals surface area contributed by atoms with Crippen molar-refractivity contribution < 1.29 is 13.6 Å². The second-order valence-electron chi connectivity index (χ2n) is 5.39. The molecule has 0 fully saturated rings. The maximum Gasteiger partial charge on any atom is 0.263 e. The minimum absolute atomic E-state index is 0.0483. The molecular formula is C19H13F2N3O. The standard InChI is InChI=1S/C19H13F2N3O/c20-18(21)13-8-10-14(11-9-13)25-24-17-7-2-1-5-15(17)23-19(24)16-6-3-4-12-22-16/h1-12,18H. The Hall–Kier alpha value is -3.28. The lowest BCUT2D eigenvalue weighted by atomic mass is 10.2. The van der Waals surface area contributed by atoms with Gasteiger partial charge in [-0.3, -0.25) is 4.98 Å². The fourth-order valence-corrected chi connectivity index (χ4v) is 2.53. The van der Waals surface area contributed by atoms with E-state index < -0.39 is 6.43 Å². The van der Waals surface area contributed by atoms with Gasteiger partial charge in [-0.05, 0) is 48.5 Å². The molecule has 2 aromatic carbocycles. The Morgan fingerprint density at radius 1 is 0.880 bits per heavy atom. The van der Waals surface area contributed by atoms with Gasteiger partial charge in [-0.1, -0.05) is 18.2 Å². The van der Waals surface area contributed by atoms with Crippen LogP contribution in [0.4, 0.5) is 8.78 Å². The van der Waals surface area contributed by atoms with E-state index in [-0.39, 0.29) is 5.56 Å². The van der Waals surface area contributed by atoms with Crippen molar-refractivity contribution in [2.45, 2.75) is 6.43 Å². The van der Waals surface area contributed by atoms with Crippen molar-refractivity contribution in [1.29, 1.82) is 0 Å². The number of aromatic nitrogens is 3. The molecule has 25 heavy (non-hydrogen) atoms. The average molecular weight is 337 g/mol. The van der Waals surface area contributed by atoms with E-state index in [9.17, 15) is 8.78 Å². The molecule has 0 aliphatic carbocycles. The number of fused-ring (bicyclic) bond motifs is 1. The lowest BCUT2D eigenvalue weighted by molar-refractivity contribution is 0.151. The summed E-state index contributed by atoms with van der Waals surface area (Å²) in [6.07, 6.45) is -0.830. The van der Waals surface area contributed by atoms with Crippen LogP contribution in [0.15, 0.2) is 72.9 Å². The lowest BCUT2D eigenvalue weighted by Crippen LogP contribution is -2.07. The van der Waals surface area contributed by atoms with Crippen LogP contribution < -0.4 is 4.84 Å². The van der Waals surface area contributed by atoms with Gasteiger partial charge in [0.2, 0.25) is 0 Å². The van der Waals surface area contributed by atoms with Crippen LogP contribution in [-0.4, -0.2) is 14.7 Å². The lowest BCUT2D eigenvalue weighted by Gasteiger charge is -2.10. The van der Waals surface area contributed by atoms with E-state index in [1.807, 2.05) is 42.5 Å². The molecule has 2 aromatic heterocycles. The SMILES string of the molecule is FC(F)c1ccc(On2c(-c3ccccn3)nc3ccccc32)cc1. The van der Waals surface area contributed by atoms with E-state index in [0.29, 0.717) is 17.3 Å². The highest BCUT2D eigenvalue weighted by atomic mass is 19.3. The molecule has 0 unspecified atom stereocenters. The van der Waals surface area contributed by atoms with Crippen molar-refractivity contribution in [3.8, 4) is 17.3 Å². The van der Waals surface area contributed by atoms with E-state index in [1.165, 1.54) is 24.3 Å². The molecule has 0 saturated carbocycles. The predicted molar refractivity (Wildman–Crippen MR) is 90.4 cm³/mol. The van der Waals surface area contributed by atoms with Crippen LogP contribution in [0.2, 0.25) is 0 Å². The van der Waals surface area contributed by atoms with Crippen molar-refractivity contribution in [1.82, 2.24) is 14.7 Å². The highest BCUT2D eigenvalue weighted by Gasteiger charge is 2.15. The Bertz CT molecular complexity index is 998. The van der Waals surface area contributed by atoms with Gasteiger partial charge in [0.05, 0.1) is 5.52 Å². The van der Waals surface area contributed by atoms with Crippen LogP contribution >= 0.6 is 0 Å². The van der Waals surface area contributed by atoms with Crippen LogP contribution in [0.25, 0.3) is 22.6 Å². The van der Waals surface area contributed by atoms with Gasteiger partial charge in [0.15, 0.2) is 11.6 Å². The molecule has 0 spiro atoms. The Morgan fingerprint density at radius 2 is 1.64 bits per heavy atom. The molecule has 0 amide bonds. The second-order valence-corrected chi connectivity index (χ2v) is 5.39. The number of alkyl halides is 2. The zero-order valence-corrected chi connectivity index (χ0v) is 13.0. The third-order valence-corrected chi connectivity index (χ3v) is 3.74. The summed E-state index contributed by atoms with van der Waals surface area (Å²) in [5.74, 6) is 0.976. The average Bonchev–Trinajstić information content (AvgIpc) is 3.02. The van der Waals surface area contributed by atoms with Gasteiger partial charge in [-0.2, -0.15) is 4.73 Å². The molecule has 0 bridgehead atoms. The van der Waals surface area contributed by atoms with Gasteiger partial charge >= 0.3 is 0 Å². The quantitative estimate of drug-likeness (QED) is 0.533. The first-order valence-corrected chi connectivity index (χ1v) is 7.68. The molecule has 4 nitrogen and oxygen atoms in total. The van der Waals surface area contributed by atoms with Gasteiger partial charge in [0.1, 0.15) is 11.2 Å². The molecule has 0 atom stereocenters. The molecule has 4 rings (SSSR count). The largest absolute Gasteiger partial charge is 0.373 e. The molecule has 0 radical (unpaired) electrons. The molecule has 0 saturated heterocycles. The smallest absolute Gasteiger partial charge is 0.263 e. The number of imidazole rings is 1. The van der Waals surface area contributed by atoms with Gasteiger partial charge in [0, 0.05) is 11.8 Å². The fourth-order valence-electron chi connectivity index (χ4n) is 2.53. The van der Waals surface area contributed by atoms with Gasteiger partial charge < -0.3 is 4.84 Å². The summed E-state index contributed by atoms with van der Waals surface area (Å²) in [4.78, 5) is 14.8. The van der Waals surface area contributed by atoms with Crippen LogP contribution in [0.5, 0.6) is 5.75 Å². The summed E-state index contributed by atoms with van der Waals surface area (Å²) in [5, 5.41) is 0.